The van der Waals surface area contributed by atoms with Gasteiger partial charge in [-0.25, -0.2) is 10.2 Å². The molecule has 130 valence electrons. The lowest BCUT2D eigenvalue weighted by Crippen LogP contribution is -2.28. The maximum Gasteiger partial charge on any atom is 0.349 e. The number of hydrogen-bond acceptors (Lipinski definition) is 7. The third kappa shape index (κ3) is 4.64. The highest BCUT2D eigenvalue weighted by molar-refractivity contribution is 6.03. The molecule has 2 rings (SSSR count). The zero-order valence-corrected chi connectivity index (χ0v) is 13.5. The molecule has 0 aliphatic heterocycles. The molecule has 1 aliphatic carbocycles. The van der Waals surface area contributed by atoms with Crippen LogP contribution in [0.3, 0.4) is 0 Å². The van der Waals surface area contributed by atoms with Gasteiger partial charge in [-0.3, -0.25) is 14.2 Å². The molecular formula is C15H21N5O4. The van der Waals surface area contributed by atoms with Crippen molar-refractivity contribution in [3.63, 3.8) is 0 Å². The Labute approximate surface area is 138 Å². The van der Waals surface area contributed by atoms with Crippen LogP contribution in [0.5, 0.6) is 0 Å². The highest BCUT2D eigenvalue weighted by atomic mass is 16.5. The predicted molar refractivity (Wildman–Crippen MR) is 87.1 cm³/mol. The Morgan fingerprint density at radius 2 is 2.33 bits per heavy atom. The van der Waals surface area contributed by atoms with Crippen LogP contribution in [0.25, 0.3) is 0 Å². The number of aromatic nitrogens is 2. The van der Waals surface area contributed by atoms with Gasteiger partial charge in [0, 0.05) is 19.2 Å². The van der Waals surface area contributed by atoms with E-state index in [4.69, 9.17) is 10.5 Å². The number of anilines is 1. The summed E-state index contributed by atoms with van der Waals surface area (Å²) in [5.41, 5.74) is 7.96. The first-order chi connectivity index (χ1) is 11.5. The molecule has 1 aromatic heterocycles. The van der Waals surface area contributed by atoms with Crippen molar-refractivity contribution in [1.82, 2.24) is 15.0 Å². The number of carbonyl (C=O) groups excluding carboxylic acids is 2. The monoisotopic (exact) mass is 335 g/mol. The minimum absolute atomic E-state index is 0.0619. The molecule has 0 saturated heterocycles. The lowest BCUT2D eigenvalue weighted by Gasteiger charge is -2.10. The van der Waals surface area contributed by atoms with Gasteiger partial charge in [-0.2, -0.15) is 10.1 Å². The van der Waals surface area contributed by atoms with Gasteiger partial charge >= 0.3 is 11.7 Å². The number of nitrogen functional groups attached to an aromatic ring is 1. The van der Waals surface area contributed by atoms with Crippen molar-refractivity contribution in [3.05, 3.63) is 22.7 Å². The number of nitrogens with zero attached hydrogens (tertiary/aromatic N) is 3. The van der Waals surface area contributed by atoms with E-state index in [0.717, 1.165) is 6.42 Å². The first-order valence-corrected chi connectivity index (χ1v) is 7.86. The van der Waals surface area contributed by atoms with Gasteiger partial charge < -0.3 is 10.5 Å². The summed E-state index contributed by atoms with van der Waals surface area (Å²) in [4.78, 5) is 38.8. The van der Waals surface area contributed by atoms with Crippen LogP contribution in [-0.4, -0.2) is 33.7 Å². The number of hydrogen-bond donors (Lipinski definition) is 2. The fraction of sp³-hybridized carbons (Fsp3) is 0.533. The molecule has 1 saturated carbocycles. The standard InChI is InChI=1S/C15H21N5O4/c1-2-24-14(22)10-4-3-5-11(10)18-19-13(21)7-9-20-8-6-12(16)17-15(20)23/h6,8,10H,2-5,7,9H2,1H3,(H,19,21)(H2,16,17,23)/b18-11+. The van der Waals surface area contributed by atoms with E-state index in [9.17, 15) is 14.4 Å². The zero-order valence-electron chi connectivity index (χ0n) is 13.5. The first-order valence-electron chi connectivity index (χ1n) is 7.86. The van der Waals surface area contributed by atoms with E-state index in [2.05, 4.69) is 15.5 Å². The van der Waals surface area contributed by atoms with Crippen LogP contribution in [0.2, 0.25) is 0 Å². The SMILES string of the molecule is CCOC(=O)C1CCC/C1=N\NC(=O)CCn1ccc(N)nc1=O. The highest BCUT2D eigenvalue weighted by Gasteiger charge is 2.30. The minimum Gasteiger partial charge on any atom is -0.465 e. The molecule has 9 nitrogen and oxygen atoms in total. The van der Waals surface area contributed by atoms with Crippen LogP contribution in [0.15, 0.2) is 22.2 Å². The fourth-order valence-electron chi connectivity index (χ4n) is 2.48. The van der Waals surface area contributed by atoms with Crippen LogP contribution in [0.1, 0.15) is 32.6 Å². The van der Waals surface area contributed by atoms with Crippen LogP contribution in [0.4, 0.5) is 5.82 Å². The van der Waals surface area contributed by atoms with Crippen molar-refractivity contribution in [3.8, 4) is 0 Å². The average molecular weight is 335 g/mol. The fourth-order valence-corrected chi connectivity index (χ4v) is 2.48. The van der Waals surface area contributed by atoms with Gasteiger partial charge in [-0.15, -0.1) is 0 Å². The van der Waals surface area contributed by atoms with Crippen molar-refractivity contribution in [1.29, 1.82) is 0 Å². The summed E-state index contributed by atoms with van der Waals surface area (Å²) in [5, 5.41) is 4.05. The van der Waals surface area contributed by atoms with Gasteiger partial charge in [-0.1, -0.05) is 0 Å². The molecule has 1 aliphatic rings. The third-order valence-electron chi connectivity index (χ3n) is 3.70. The van der Waals surface area contributed by atoms with E-state index >= 15 is 0 Å². The molecular weight excluding hydrogens is 314 g/mol. The van der Waals surface area contributed by atoms with Crippen molar-refractivity contribution in [2.45, 2.75) is 39.2 Å². The van der Waals surface area contributed by atoms with Crippen LogP contribution < -0.4 is 16.8 Å². The second-order valence-electron chi connectivity index (χ2n) is 5.41. The molecule has 1 fully saturated rings. The van der Waals surface area contributed by atoms with E-state index in [0.29, 0.717) is 25.2 Å². The summed E-state index contributed by atoms with van der Waals surface area (Å²) in [6.07, 6.45) is 3.72. The van der Waals surface area contributed by atoms with Crippen molar-refractivity contribution in [2.24, 2.45) is 11.0 Å². The Morgan fingerprint density at radius 3 is 3.04 bits per heavy atom. The number of ether oxygens (including phenoxy) is 1. The Kier molecular flexibility index (Phi) is 6.05. The summed E-state index contributed by atoms with van der Waals surface area (Å²) in [6.45, 7) is 2.24. The summed E-state index contributed by atoms with van der Waals surface area (Å²) < 4.78 is 6.30. The largest absolute Gasteiger partial charge is 0.465 e. The Hall–Kier alpha value is -2.71. The van der Waals surface area contributed by atoms with E-state index in [1.807, 2.05) is 0 Å². The molecule has 1 unspecified atom stereocenters. The molecule has 3 N–H and O–H groups in total. The van der Waals surface area contributed by atoms with Gasteiger partial charge in [-0.05, 0) is 32.3 Å². The number of amides is 1. The first kappa shape index (κ1) is 17.6. The van der Waals surface area contributed by atoms with Crippen molar-refractivity contribution in [2.75, 3.05) is 12.3 Å². The topological polar surface area (TPSA) is 129 Å². The van der Waals surface area contributed by atoms with Crippen LogP contribution in [0, 0.1) is 5.92 Å². The number of nitrogens with one attached hydrogen (secondary N) is 1. The Balaban J connectivity index is 1.88. The van der Waals surface area contributed by atoms with E-state index in [1.54, 1.807) is 6.92 Å². The maximum atomic E-state index is 11.9. The summed E-state index contributed by atoms with van der Waals surface area (Å²) >= 11 is 0. The lowest BCUT2D eigenvalue weighted by molar-refractivity contribution is -0.145. The number of hydrazone groups is 1. The van der Waals surface area contributed by atoms with Gasteiger partial charge in [0.05, 0.1) is 18.2 Å². The quantitative estimate of drug-likeness (QED) is 0.558. The molecule has 1 aromatic rings. The zero-order chi connectivity index (χ0) is 17.5. The van der Waals surface area contributed by atoms with Gasteiger partial charge in [0.2, 0.25) is 5.91 Å². The van der Waals surface area contributed by atoms with Gasteiger partial charge in [0.1, 0.15) is 5.82 Å². The normalized spacial score (nSPS) is 18.5. The number of aryl methyl sites for hydroxylation is 1. The average Bonchev–Trinajstić information content (AvgIpc) is 3.01. The maximum absolute atomic E-state index is 11.9. The van der Waals surface area contributed by atoms with Gasteiger partial charge in [0.25, 0.3) is 0 Å². The summed E-state index contributed by atoms with van der Waals surface area (Å²) in [6, 6.07) is 1.49. The van der Waals surface area contributed by atoms with Crippen molar-refractivity contribution >= 4 is 23.4 Å². The van der Waals surface area contributed by atoms with Crippen LogP contribution in [-0.2, 0) is 20.9 Å². The second kappa shape index (κ2) is 8.23. The smallest absolute Gasteiger partial charge is 0.349 e. The number of carbonyl (C=O) groups is 2. The summed E-state index contributed by atoms with van der Waals surface area (Å²) in [5.74, 6) is -0.893. The molecule has 1 heterocycles. The molecule has 0 aromatic carbocycles. The molecule has 9 heteroatoms. The van der Waals surface area contributed by atoms with E-state index in [-0.39, 0.29) is 36.6 Å². The van der Waals surface area contributed by atoms with Crippen LogP contribution >= 0.6 is 0 Å². The van der Waals surface area contributed by atoms with E-state index < -0.39 is 5.69 Å². The number of nitrogens with two attached hydrogens (primary N) is 1. The number of rotatable bonds is 6. The molecule has 0 spiro atoms. The second-order valence-corrected chi connectivity index (χ2v) is 5.41. The third-order valence-corrected chi connectivity index (χ3v) is 3.70. The predicted octanol–water partition coefficient (Wildman–Crippen LogP) is 0.0510. The highest BCUT2D eigenvalue weighted by Crippen LogP contribution is 2.23. The molecule has 1 atom stereocenters. The van der Waals surface area contributed by atoms with Crippen molar-refractivity contribution < 1.29 is 14.3 Å². The Bertz CT molecular complexity index is 697. The summed E-state index contributed by atoms with van der Waals surface area (Å²) in [7, 11) is 0. The molecule has 1 amide bonds. The molecule has 0 radical (unpaired) electrons. The lowest BCUT2D eigenvalue weighted by atomic mass is 10.1. The number of esters is 1. The molecule has 24 heavy (non-hydrogen) atoms. The van der Waals surface area contributed by atoms with Gasteiger partial charge in [0.15, 0.2) is 0 Å². The van der Waals surface area contributed by atoms with E-state index in [1.165, 1.54) is 16.8 Å². The molecule has 0 bridgehead atoms. The minimum atomic E-state index is -0.507. The Morgan fingerprint density at radius 1 is 1.54 bits per heavy atom.